The van der Waals surface area contributed by atoms with Gasteiger partial charge in [0.1, 0.15) is 6.04 Å². The summed E-state index contributed by atoms with van der Waals surface area (Å²) in [4.78, 5) is 45.5. The van der Waals surface area contributed by atoms with E-state index in [1.54, 1.807) is 7.05 Å². The van der Waals surface area contributed by atoms with E-state index < -0.39 is 36.2 Å². The SMILES string of the molecule is CN1CC(C(=O)NC(CC(=O)O)C(=O)O)CC1=O. The van der Waals surface area contributed by atoms with Crippen LogP contribution in [0.5, 0.6) is 0 Å². The smallest absolute Gasteiger partial charge is 0.326 e. The van der Waals surface area contributed by atoms with Crippen LogP contribution >= 0.6 is 0 Å². The molecule has 18 heavy (non-hydrogen) atoms. The van der Waals surface area contributed by atoms with Crippen molar-refractivity contribution in [1.29, 1.82) is 0 Å². The van der Waals surface area contributed by atoms with Gasteiger partial charge in [-0.1, -0.05) is 0 Å². The Morgan fingerprint density at radius 3 is 2.44 bits per heavy atom. The minimum Gasteiger partial charge on any atom is -0.481 e. The fraction of sp³-hybridized carbons (Fsp3) is 0.600. The molecule has 1 fully saturated rings. The number of carboxylic acid groups (broad SMARTS) is 2. The lowest BCUT2D eigenvalue weighted by Crippen LogP contribution is -2.45. The lowest BCUT2D eigenvalue weighted by atomic mass is 10.1. The summed E-state index contributed by atoms with van der Waals surface area (Å²) in [6, 6.07) is -1.48. The third-order valence-electron chi connectivity index (χ3n) is 2.71. The molecule has 2 amide bonds. The van der Waals surface area contributed by atoms with Gasteiger partial charge in [0.25, 0.3) is 0 Å². The molecule has 0 aromatic heterocycles. The van der Waals surface area contributed by atoms with E-state index in [0.717, 1.165) is 0 Å². The summed E-state index contributed by atoms with van der Waals surface area (Å²) in [7, 11) is 1.54. The minimum absolute atomic E-state index is 0.0156. The van der Waals surface area contributed by atoms with Gasteiger partial charge < -0.3 is 20.4 Å². The fourth-order valence-electron chi connectivity index (χ4n) is 1.70. The Hall–Kier alpha value is -2.12. The molecule has 0 saturated carbocycles. The van der Waals surface area contributed by atoms with Crippen LogP contribution in [-0.2, 0) is 19.2 Å². The second-order valence-corrected chi connectivity index (χ2v) is 4.17. The number of nitrogens with one attached hydrogen (secondary N) is 1. The van der Waals surface area contributed by atoms with Crippen molar-refractivity contribution in [2.24, 2.45) is 5.92 Å². The highest BCUT2D eigenvalue weighted by Crippen LogP contribution is 2.16. The fourth-order valence-corrected chi connectivity index (χ4v) is 1.70. The first-order chi connectivity index (χ1) is 8.31. The molecule has 3 N–H and O–H groups in total. The maximum atomic E-state index is 11.7. The number of carboxylic acids is 2. The summed E-state index contributed by atoms with van der Waals surface area (Å²) in [5, 5.41) is 19.4. The Balaban J connectivity index is 2.59. The van der Waals surface area contributed by atoms with E-state index in [0.29, 0.717) is 0 Å². The molecule has 100 valence electrons. The number of rotatable bonds is 5. The summed E-state index contributed by atoms with van der Waals surface area (Å²) in [6.07, 6.45) is -0.681. The summed E-state index contributed by atoms with van der Waals surface area (Å²) in [6.45, 7) is 0.212. The standard InChI is InChI=1S/C10H14N2O6/c1-12-4-5(2-7(12)13)9(16)11-6(10(17)18)3-8(14)15/h5-6H,2-4H2,1H3,(H,11,16)(H,14,15)(H,17,18). The zero-order chi connectivity index (χ0) is 13.9. The van der Waals surface area contributed by atoms with E-state index in [9.17, 15) is 19.2 Å². The number of carbonyl (C=O) groups is 4. The van der Waals surface area contributed by atoms with Crippen molar-refractivity contribution in [3.8, 4) is 0 Å². The van der Waals surface area contributed by atoms with Crippen molar-refractivity contribution in [2.45, 2.75) is 18.9 Å². The van der Waals surface area contributed by atoms with Crippen LogP contribution in [0.15, 0.2) is 0 Å². The number of nitrogens with zero attached hydrogens (tertiary/aromatic N) is 1. The molecule has 0 radical (unpaired) electrons. The molecule has 1 rings (SSSR count). The zero-order valence-electron chi connectivity index (χ0n) is 9.75. The number of carbonyl (C=O) groups excluding carboxylic acids is 2. The maximum absolute atomic E-state index is 11.7. The molecule has 0 aromatic rings. The van der Waals surface area contributed by atoms with Gasteiger partial charge in [0.15, 0.2) is 0 Å². The third kappa shape index (κ3) is 3.44. The van der Waals surface area contributed by atoms with E-state index in [-0.39, 0.29) is 18.9 Å². The van der Waals surface area contributed by atoms with Gasteiger partial charge >= 0.3 is 11.9 Å². The van der Waals surface area contributed by atoms with Crippen LogP contribution in [0.1, 0.15) is 12.8 Å². The Morgan fingerprint density at radius 1 is 1.44 bits per heavy atom. The number of hydrogen-bond donors (Lipinski definition) is 3. The lowest BCUT2D eigenvalue weighted by Gasteiger charge is -2.15. The van der Waals surface area contributed by atoms with Crippen LogP contribution in [0, 0.1) is 5.92 Å². The molecule has 0 spiro atoms. The molecule has 1 aliphatic heterocycles. The van der Waals surface area contributed by atoms with Crippen molar-refractivity contribution in [1.82, 2.24) is 10.2 Å². The van der Waals surface area contributed by atoms with Gasteiger partial charge in [-0.25, -0.2) is 4.79 Å². The number of likely N-dealkylation sites (tertiary alicyclic amines) is 1. The molecule has 0 bridgehead atoms. The molecule has 2 atom stereocenters. The van der Waals surface area contributed by atoms with Gasteiger partial charge in [-0.15, -0.1) is 0 Å². The monoisotopic (exact) mass is 258 g/mol. The number of amides is 2. The highest BCUT2D eigenvalue weighted by Gasteiger charge is 2.34. The Labute approximate surface area is 103 Å². The lowest BCUT2D eigenvalue weighted by molar-refractivity contribution is -0.147. The van der Waals surface area contributed by atoms with Crippen molar-refractivity contribution < 1.29 is 29.4 Å². The van der Waals surface area contributed by atoms with Gasteiger partial charge in [0, 0.05) is 20.0 Å². The van der Waals surface area contributed by atoms with Crippen molar-refractivity contribution >= 4 is 23.8 Å². The van der Waals surface area contributed by atoms with E-state index >= 15 is 0 Å². The number of hydrogen-bond acceptors (Lipinski definition) is 4. The van der Waals surface area contributed by atoms with Crippen LogP contribution in [-0.4, -0.2) is 58.5 Å². The molecule has 1 saturated heterocycles. The predicted octanol–water partition coefficient (Wildman–Crippen LogP) is -1.49. The topological polar surface area (TPSA) is 124 Å². The molecular formula is C10H14N2O6. The van der Waals surface area contributed by atoms with E-state index in [1.807, 2.05) is 0 Å². The van der Waals surface area contributed by atoms with Crippen LogP contribution in [0.3, 0.4) is 0 Å². The Bertz CT molecular complexity index is 394. The second kappa shape index (κ2) is 5.48. The first-order valence-corrected chi connectivity index (χ1v) is 5.30. The molecule has 1 heterocycles. The second-order valence-electron chi connectivity index (χ2n) is 4.17. The van der Waals surface area contributed by atoms with E-state index in [4.69, 9.17) is 10.2 Å². The molecular weight excluding hydrogens is 244 g/mol. The molecule has 8 heteroatoms. The van der Waals surface area contributed by atoms with Gasteiger partial charge in [0.05, 0.1) is 12.3 Å². The van der Waals surface area contributed by atoms with Gasteiger partial charge in [-0.2, -0.15) is 0 Å². The van der Waals surface area contributed by atoms with Gasteiger partial charge in [-0.3, -0.25) is 14.4 Å². The summed E-state index contributed by atoms with van der Waals surface area (Å²) < 4.78 is 0. The molecule has 2 unspecified atom stereocenters. The summed E-state index contributed by atoms with van der Waals surface area (Å²) in [5.41, 5.74) is 0. The van der Waals surface area contributed by atoms with Gasteiger partial charge in [-0.05, 0) is 0 Å². The third-order valence-corrected chi connectivity index (χ3v) is 2.71. The Kier molecular flexibility index (Phi) is 4.24. The van der Waals surface area contributed by atoms with Crippen molar-refractivity contribution in [3.63, 3.8) is 0 Å². The number of aliphatic carboxylic acids is 2. The van der Waals surface area contributed by atoms with Crippen LogP contribution in [0.2, 0.25) is 0 Å². The first-order valence-electron chi connectivity index (χ1n) is 5.30. The largest absolute Gasteiger partial charge is 0.481 e. The molecule has 0 aliphatic carbocycles. The predicted molar refractivity (Wildman–Crippen MR) is 57.6 cm³/mol. The Morgan fingerprint density at radius 2 is 2.06 bits per heavy atom. The van der Waals surface area contributed by atoms with Crippen molar-refractivity contribution in [2.75, 3.05) is 13.6 Å². The van der Waals surface area contributed by atoms with Crippen molar-refractivity contribution in [3.05, 3.63) is 0 Å². The first kappa shape index (κ1) is 13.9. The van der Waals surface area contributed by atoms with E-state index in [1.165, 1.54) is 4.90 Å². The quantitative estimate of drug-likeness (QED) is 0.551. The summed E-state index contributed by atoms with van der Waals surface area (Å²) in [5.74, 6) is -4.16. The van der Waals surface area contributed by atoms with Crippen LogP contribution in [0.25, 0.3) is 0 Å². The van der Waals surface area contributed by atoms with Crippen LogP contribution in [0.4, 0.5) is 0 Å². The van der Waals surface area contributed by atoms with Crippen LogP contribution < -0.4 is 5.32 Å². The normalized spacial score (nSPS) is 20.6. The molecule has 0 aromatic carbocycles. The summed E-state index contributed by atoms with van der Waals surface area (Å²) >= 11 is 0. The maximum Gasteiger partial charge on any atom is 0.326 e. The van der Waals surface area contributed by atoms with Gasteiger partial charge in [0.2, 0.25) is 11.8 Å². The average Bonchev–Trinajstić information content (AvgIpc) is 2.57. The zero-order valence-corrected chi connectivity index (χ0v) is 9.75. The van der Waals surface area contributed by atoms with E-state index in [2.05, 4.69) is 5.32 Å². The molecule has 8 nitrogen and oxygen atoms in total. The highest BCUT2D eigenvalue weighted by atomic mass is 16.4. The minimum atomic E-state index is -1.48. The molecule has 1 aliphatic rings. The average molecular weight is 258 g/mol. The highest BCUT2D eigenvalue weighted by molar-refractivity contribution is 5.92.